The van der Waals surface area contributed by atoms with Crippen LogP contribution in [0.4, 0.5) is 0 Å². The Bertz CT molecular complexity index is 1020. The maximum absolute atomic E-state index is 12.9. The predicted molar refractivity (Wildman–Crippen MR) is 179 cm³/mol. The number of carbonyl (C=O) groups is 1. The molecule has 2 saturated carbocycles. The predicted octanol–water partition coefficient (Wildman–Crippen LogP) is 11.3. The minimum atomic E-state index is -0.0537. The van der Waals surface area contributed by atoms with Gasteiger partial charge < -0.3 is 4.74 Å². The van der Waals surface area contributed by atoms with Gasteiger partial charge in [-0.3, -0.25) is 4.79 Å². The van der Waals surface area contributed by atoms with Crippen LogP contribution in [0, 0.1) is 23.7 Å². The Morgan fingerprint density at radius 3 is 1.79 bits per heavy atom. The van der Waals surface area contributed by atoms with E-state index in [1.807, 2.05) is 36.7 Å². The summed E-state index contributed by atoms with van der Waals surface area (Å²) in [7, 11) is 0. The molecule has 1 aromatic carbocycles. The Kier molecular flexibility index (Phi) is 15.0. The van der Waals surface area contributed by atoms with Crippen molar-refractivity contribution in [2.24, 2.45) is 23.7 Å². The lowest BCUT2D eigenvalue weighted by atomic mass is 9.68. The quantitative estimate of drug-likeness (QED) is 0.0987. The summed E-state index contributed by atoms with van der Waals surface area (Å²) < 4.78 is 5.82. The molecule has 4 rings (SSSR count). The number of rotatable bonds is 18. The molecule has 2 aliphatic carbocycles. The average molecular weight is 589 g/mol. The molecule has 0 saturated heterocycles. The number of carbonyl (C=O) groups excluding carboxylic acids is 1. The van der Waals surface area contributed by atoms with E-state index in [0.29, 0.717) is 5.75 Å². The number of unbranched alkanes of at least 4 members (excludes halogenated alkanes) is 10. The van der Waals surface area contributed by atoms with Crippen LogP contribution >= 0.6 is 0 Å². The number of aryl methyl sites for hydroxylation is 1. The number of aromatic nitrogens is 2. The molecule has 1 aromatic heterocycles. The fourth-order valence-electron chi connectivity index (χ4n) is 7.59. The molecule has 4 nitrogen and oxygen atoms in total. The van der Waals surface area contributed by atoms with Gasteiger partial charge in [0.1, 0.15) is 5.75 Å². The Balaban J connectivity index is 1.11. The van der Waals surface area contributed by atoms with Crippen LogP contribution in [-0.2, 0) is 11.2 Å². The zero-order valence-corrected chi connectivity index (χ0v) is 27.5. The summed E-state index contributed by atoms with van der Waals surface area (Å²) >= 11 is 0. The van der Waals surface area contributed by atoms with Crippen molar-refractivity contribution in [2.45, 2.75) is 155 Å². The van der Waals surface area contributed by atoms with Crippen molar-refractivity contribution >= 4 is 5.97 Å². The number of ether oxygens (including phenoxy) is 1. The van der Waals surface area contributed by atoms with Crippen LogP contribution in [0.5, 0.6) is 5.75 Å². The van der Waals surface area contributed by atoms with Crippen molar-refractivity contribution in [1.29, 1.82) is 0 Å². The first-order valence-electron chi connectivity index (χ1n) is 18.3. The van der Waals surface area contributed by atoms with Gasteiger partial charge in [-0.2, -0.15) is 0 Å². The zero-order valence-electron chi connectivity index (χ0n) is 27.5. The molecule has 0 N–H and O–H groups in total. The van der Waals surface area contributed by atoms with E-state index < -0.39 is 0 Å². The molecule has 4 heteroatoms. The van der Waals surface area contributed by atoms with E-state index in [9.17, 15) is 4.79 Å². The van der Waals surface area contributed by atoms with Gasteiger partial charge in [0.15, 0.2) is 5.82 Å². The summed E-state index contributed by atoms with van der Waals surface area (Å²) in [4.78, 5) is 22.2. The van der Waals surface area contributed by atoms with E-state index >= 15 is 0 Å². The van der Waals surface area contributed by atoms with Gasteiger partial charge >= 0.3 is 5.97 Å². The van der Waals surface area contributed by atoms with Crippen LogP contribution in [0.15, 0.2) is 36.7 Å². The highest BCUT2D eigenvalue weighted by molar-refractivity contribution is 5.75. The second-order valence-electron chi connectivity index (χ2n) is 13.8. The molecule has 1 heterocycles. The molecule has 2 aliphatic rings. The van der Waals surface area contributed by atoms with E-state index in [0.717, 1.165) is 48.4 Å². The summed E-state index contributed by atoms with van der Waals surface area (Å²) in [5.74, 6) is 4.01. The van der Waals surface area contributed by atoms with Crippen molar-refractivity contribution in [1.82, 2.24) is 9.97 Å². The van der Waals surface area contributed by atoms with Crippen molar-refractivity contribution in [2.75, 3.05) is 0 Å². The first kappa shape index (κ1) is 33.7. The molecule has 0 radical (unpaired) electrons. The Labute approximate surface area is 263 Å². The SMILES string of the molecule is CCCCCCCCCCCCc1cnc(-c2ccc(OC(=O)[C@H]3CC[C@H]([C@H]4CC[C@H](CCCC)CC4)CC3)cc2)nc1. The summed E-state index contributed by atoms with van der Waals surface area (Å²) in [5.41, 5.74) is 2.17. The van der Waals surface area contributed by atoms with E-state index in [1.54, 1.807) is 0 Å². The number of hydrogen-bond acceptors (Lipinski definition) is 4. The standard InChI is InChI=1S/C39H60N2O2/c1-3-5-7-8-9-10-11-12-13-14-16-32-29-40-38(41-30-32)35-25-27-37(28-26-35)43-39(42)36-23-21-34(22-24-36)33-19-17-31(18-20-33)15-6-4-2/h25-31,33-34,36H,3-24H2,1-2H3/t31-,33-,34-,36-. The summed E-state index contributed by atoms with van der Waals surface area (Å²) in [6.07, 6.45) is 32.7. The van der Waals surface area contributed by atoms with E-state index in [4.69, 9.17) is 4.74 Å². The minimum Gasteiger partial charge on any atom is -0.426 e. The molecule has 238 valence electrons. The normalized spacial score (nSPS) is 22.4. The molecular formula is C39H60N2O2. The first-order valence-corrected chi connectivity index (χ1v) is 18.3. The second kappa shape index (κ2) is 19.2. The van der Waals surface area contributed by atoms with Gasteiger partial charge in [-0.05, 0) is 98.9 Å². The zero-order chi connectivity index (χ0) is 30.1. The highest BCUT2D eigenvalue weighted by Gasteiger charge is 2.33. The molecule has 2 aromatic rings. The fourth-order valence-corrected chi connectivity index (χ4v) is 7.59. The van der Waals surface area contributed by atoms with Crippen LogP contribution in [-0.4, -0.2) is 15.9 Å². The van der Waals surface area contributed by atoms with Gasteiger partial charge in [0.25, 0.3) is 0 Å². The third kappa shape index (κ3) is 11.7. The van der Waals surface area contributed by atoms with Crippen LogP contribution in [0.25, 0.3) is 11.4 Å². The average Bonchev–Trinajstić information content (AvgIpc) is 3.05. The van der Waals surface area contributed by atoms with Crippen molar-refractivity contribution in [3.05, 3.63) is 42.2 Å². The molecular weight excluding hydrogens is 528 g/mol. The topological polar surface area (TPSA) is 52.1 Å². The van der Waals surface area contributed by atoms with Crippen LogP contribution in [0.3, 0.4) is 0 Å². The highest BCUT2D eigenvalue weighted by Crippen LogP contribution is 2.42. The van der Waals surface area contributed by atoms with Gasteiger partial charge in [0, 0.05) is 18.0 Å². The highest BCUT2D eigenvalue weighted by atomic mass is 16.5. The van der Waals surface area contributed by atoms with E-state index in [-0.39, 0.29) is 11.9 Å². The number of esters is 1. The lowest BCUT2D eigenvalue weighted by molar-refractivity contribution is -0.140. The molecule has 0 atom stereocenters. The lowest BCUT2D eigenvalue weighted by Crippen LogP contribution is -2.30. The number of nitrogens with zero attached hydrogens (tertiary/aromatic N) is 2. The molecule has 0 aliphatic heterocycles. The lowest BCUT2D eigenvalue weighted by Gasteiger charge is -2.37. The summed E-state index contributed by atoms with van der Waals surface area (Å²) in [5, 5.41) is 0. The van der Waals surface area contributed by atoms with Gasteiger partial charge in [-0.25, -0.2) is 9.97 Å². The monoisotopic (exact) mass is 588 g/mol. The molecule has 0 unspecified atom stereocenters. The van der Waals surface area contributed by atoms with Gasteiger partial charge in [-0.15, -0.1) is 0 Å². The van der Waals surface area contributed by atoms with Crippen LogP contribution in [0.2, 0.25) is 0 Å². The Morgan fingerprint density at radius 1 is 0.674 bits per heavy atom. The third-order valence-electron chi connectivity index (χ3n) is 10.5. The van der Waals surface area contributed by atoms with E-state index in [1.165, 1.54) is 128 Å². The minimum absolute atomic E-state index is 0.0447. The second-order valence-corrected chi connectivity index (χ2v) is 13.8. The Morgan fingerprint density at radius 2 is 1.21 bits per heavy atom. The molecule has 0 bridgehead atoms. The van der Waals surface area contributed by atoms with Crippen molar-refractivity contribution in [3.8, 4) is 17.1 Å². The largest absolute Gasteiger partial charge is 0.426 e. The van der Waals surface area contributed by atoms with E-state index in [2.05, 4.69) is 23.8 Å². The number of hydrogen-bond donors (Lipinski definition) is 0. The summed E-state index contributed by atoms with van der Waals surface area (Å²) in [6, 6.07) is 7.70. The van der Waals surface area contributed by atoms with Gasteiger partial charge in [-0.1, -0.05) is 104 Å². The van der Waals surface area contributed by atoms with Gasteiger partial charge in [0.2, 0.25) is 0 Å². The third-order valence-corrected chi connectivity index (χ3v) is 10.5. The van der Waals surface area contributed by atoms with Crippen molar-refractivity contribution in [3.63, 3.8) is 0 Å². The molecule has 43 heavy (non-hydrogen) atoms. The molecule has 0 spiro atoms. The smallest absolute Gasteiger partial charge is 0.314 e. The maximum Gasteiger partial charge on any atom is 0.314 e. The molecule has 2 fully saturated rings. The maximum atomic E-state index is 12.9. The first-order chi connectivity index (χ1) is 21.2. The summed E-state index contributed by atoms with van der Waals surface area (Å²) in [6.45, 7) is 4.58. The fraction of sp³-hybridized carbons (Fsp3) is 0.718. The van der Waals surface area contributed by atoms with Crippen molar-refractivity contribution < 1.29 is 9.53 Å². The molecule has 0 amide bonds. The van der Waals surface area contributed by atoms with Gasteiger partial charge in [0.05, 0.1) is 5.92 Å². The van der Waals surface area contributed by atoms with Crippen LogP contribution < -0.4 is 4.74 Å². The van der Waals surface area contributed by atoms with Crippen LogP contribution in [0.1, 0.15) is 154 Å². The number of benzene rings is 1. The Hall–Kier alpha value is -2.23.